The van der Waals surface area contributed by atoms with Crippen molar-refractivity contribution in [3.8, 4) is 0 Å². The molecule has 0 amide bonds. The standard InChI is InChI=1S/C6H11NO3/c1-5(6(8)10-3)7-4-9-2/h7H,1,4H2,2-3H3. The van der Waals surface area contributed by atoms with Crippen molar-refractivity contribution in [2.45, 2.75) is 0 Å². The zero-order valence-electron chi connectivity index (χ0n) is 6.14. The Kier molecular flexibility index (Phi) is 4.32. The lowest BCUT2D eigenvalue weighted by Crippen LogP contribution is -2.22. The van der Waals surface area contributed by atoms with E-state index in [1.54, 1.807) is 0 Å². The molecule has 0 atom stereocenters. The number of hydrogen-bond donors (Lipinski definition) is 1. The zero-order valence-corrected chi connectivity index (χ0v) is 6.14. The maximum atomic E-state index is 10.6. The van der Waals surface area contributed by atoms with Crippen molar-refractivity contribution >= 4 is 5.97 Å². The van der Waals surface area contributed by atoms with Crippen molar-refractivity contribution in [1.82, 2.24) is 5.32 Å². The molecule has 0 aromatic heterocycles. The lowest BCUT2D eigenvalue weighted by Gasteiger charge is -2.04. The van der Waals surface area contributed by atoms with Crippen LogP contribution in [-0.2, 0) is 14.3 Å². The van der Waals surface area contributed by atoms with E-state index in [2.05, 4.69) is 21.4 Å². The van der Waals surface area contributed by atoms with Gasteiger partial charge in [0.25, 0.3) is 0 Å². The van der Waals surface area contributed by atoms with E-state index in [4.69, 9.17) is 0 Å². The van der Waals surface area contributed by atoms with Gasteiger partial charge < -0.3 is 14.8 Å². The monoisotopic (exact) mass is 145 g/mol. The molecule has 4 nitrogen and oxygen atoms in total. The van der Waals surface area contributed by atoms with Gasteiger partial charge in [0.2, 0.25) is 0 Å². The molecule has 0 aromatic carbocycles. The number of carbonyl (C=O) groups excluding carboxylic acids is 1. The number of carbonyl (C=O) groups is 1. The maximum absolute atomic E-state index is 10.6. The Balaban J connectivity index is 3.52. The molecule has 0 aliphatic carbocycles. The first-order chi connectivity index (χ1) is 4.72. The summed E-state index contributed by atoms with van der Waals surface area (Å²) in [5.41, 5.74) is 0.198. The highest BCUT2D eigenvalue weighted by atomic mass is 16.5. The maximum Gasteiger partial charge on any atom is 0.353 e. The van der Waals surface area contributed by atoms with Gasteiger partial charge in [-0.15, -0.1) is 0 Å². The molecule has 0 aromatic rings. The molecule has 0 saturated carbocycles. The Morgan fingerprint density at radius 3 is 2.60 bits per heavy atom. The summed E-state index contributed by atoms with van der Waals surface area (Å²) >= 11 is 0. The molecule has 0 spiro atoms. The van der Waals surface area contributed by atoms with E-state index >= 15 is 0 Å². The van der Waals surface area contributed by atoms with E-state index in [9.17, 15) is 4.79 Å². The molecule has 0 rings (SSSR count). The van der Waals surface area contributed by atoms with E-state index in [1.165, 1.54) is 14.2 Å². The van der Waals surface area contributed by atoms with Crippen LogP contribution in [0.4, 0.5) is 0 Å². The lowest BCUT2D eigenvalue weighted by molar-refractivity contribution is -0.136. The van der Waals surface area contributed by atoms with Gasteiger partial charge in [0, 0.05) is 7.11 Å². The summed E-state index contributed by atoms with van der Waals surface area (Å²) in [4.78, 5) is 10.6. The second kappa shape index (κ2) is 4.81. The highest BCUT2D eigenvalue weighted by Gasteiger charge is 2.03. The number of nitrogens with one attached hydrogen (secondary N) is 1. The van der Waals surface area contributed by atoms with E-state index in [1.807, 2.05) is 0 Å². The third kappa shape index (κ3) is 3.09. The minimum absolute atomic E-state index is 0.198. The first-order valence-electron chi connectivity index (χ1n) is 2.72. The molecular formula is C6H11NO3. The first-order valence-corrected chi connectivity index (χ1v) is 2.72. The molecular weight excluding hydrogens is 134 g/mol. The van der Waals surface area contributed by atoms with Crippen LogP contribution in [-0.4, -0.2) is 26.9 Å². The van der Waals surface area contributed by atoms with Crippen LogP contribution in [0.5, 0.6) is 0 Å². The second-order valence-corrected chi connectivity index (χ2v) is 1.58. The van der Waals surface area contributed by atoms with Crippen LogP contribution in [0.3, 0.4) is 0 Å². The first kappa shape index (κ1) is 8.97. The van der Waals surface area contributed by atoms with E-state index in [0.717, 1.165) is 0 Å². The van der Waals surface area contributed by atoms with Gasteiger partial charge in [0.1, 0.15) is 12.4 Å². The summed E-state index contributed by atoms with van der Waals surface area (Å²) in [6.45, 7) is 3.66. The topological polar surface area (TPSA) is 47.6 Å². The average Bonchev–Trinajstić information content (AvgIpc) is 1.98. The zero-order chi connectivity index (χ0) is 7.98. The Morgan fingerprint density at radius 2 is 2.20 bits per heavy atom. The minimum atomic E-state index is -0.475. The van der Waals surface area contributed by atoms with Crippen LogP contribution in [0.15, 0.2) is 12.3 Å². The fraction of sp³-hybridized carbons (Fsp3) is 0.500. The summed E-state index contributed by atoms with van der Waals surface area (Å²) in [5, 5.41) is 2.59. The van der Waals surface area contributed by atoms with Gasteiger partial charge in [-0.1, -0.05) is 6.58 Å². The molecule has 0 saturated heterocycles. The predicted molar refractivity (Wildman–Crippen MR) is 36.2 cm³/mol. The molecule has 0 bridgehead atoms. The van der Waals surface area contributed by atoms with Crippen LogP contribution < -0.4 is 5.32 Å². The molecule has 10 heavy (non-hydrogen) atoms. The molecule has 4 heteroatoms. The largest absolute Gasteiger partial charge is 0.464 e. The smallest absolute Gasteiger partial charge is 0.353 e. The summed E-state index contributed by atoms with van der Waals surface area (Å²) in [6, 6.07) is 0. The quantitative estimate of drug-likeness (QED) is 0.340. The van der Waals surface area contributed by atoms with Gasteiger partial charge in [0.15, 0.2) is 0 Å². The van der Waals surface area contributed by atoms with Crippen molar-refractivity contribution in [2.75, 3.05) is 21.0 Å². The van der Waals surface area contributed by atoms with Gasteiger partial charge in [0.05, 0.1) is 7.11 Å². The van der Waals surface area contributed by atoms with Gasteiger partial charge >= 0.3 is 5.97 Å². The number of ether oxygens (including phenoxy) is 2. The Hall–Kier alpha value is -1.03. The highest BCUT2D eigenvalue weighted by Crippen LogP contribution is 1.85. The summed E-state index contributed by atoms with van der Waals surface area (Å²) < 4.78 is 8.98. The fourth-order valence-electron chi connectivity index (χ4n) is 0.355. The van der Waals surface area contributed by atoms with Crippen molar-refractivity contribution in [3.63, 3.8) is 0 Å². The lowest BCUT2D eigenvalue weighted by atomic mass is 10.5. The van der Waals surface area contributed by atoms with Gasteiger partial charge in [-0.2, -0.15) is 0 Å². The van der Waals surface area contributed by atoms with E-state index in [0.29, 0.717) is 0 Å². The Bertz CT molecular complexity index is 133. The van der Waals surface area contributed by atoms with Crippen LogP contribution in [0.2, 0.25) is 0 Å². The predicted octanol–water partition coefficient (Wildman–Crippen LogP) is -0.133. The Labute approximate surface area is 59.8 Å². The number of methoxy groups -OCH3 is 2. The number of esters is 1. The third-order valence-electron chi connectivity index (χ3n) is 0.862. The SMILES string of the molecule is C=C(NCOC)C(=O)OC. The van der Waals surface area contributed by atoms with Crippen LogP contribution >= 0.6 is 0 Å². The van der Waals surface area contributed by atoms with Crippen molar-refractivity contribution in [2.24, 2.45) is 0 Å². The van der Waals surface area contributed by atoms with Crippen molar-refractivity contribution in [3.05, 3.63) is 12.3 Å². The summed E-state index contributed by atoms with van der Waals surface area (Å²) in [5.74, 6) is -0.475. The molecule has 0 fully saturated rings. The molecule has 0 aliphatic rings. The van der Waals surface area contributed by atoms with E-state index < -0.39 is 5.97 Å². The van der Waals surface area contributed by atoms with E-state index in [-0.39, 0.29) is 12.4 Å². The molecule has 0 radical (unpaired) electrons. The molecule has 1 N–H and O–H groups in total. The summed E-state index contributed by atoms with van der Waals surface area (Å²) in [7, 11) is 2.81. The van der Waals surface area contributed by atoms with Crippen LogP contribution in [0, 0.1) is 0 Å². The van der Waals surface area contributed by atoms with Gasteiger partial charge in [-0.05, 0) is 0 Å². The minimum Gasteiger partial charge on any atom is -0.464 e. The van der Waals surface area contributed by atoms with Gasteiger partial charge in [-0.3, -0.25) is 0 Å². The number of rotatable bonds is 4. The van der Waals surface area contributed by atoms with Crippen molar-refractivity contribution < 1.29 is 14.3 Å². The fourth-order valence-corrected chi connectivity index (χ4v) is 0.355. The third-order valence-corrected chi connectivity index (χ3v) is 0.862. The molecule has 58 valence electrons. The number of hydrogen-bond acceptors (Lipinski definition) is 4. The van der Waals surface area contributed by atoms with Crippen molar-refractivity contribution in [1.29, 1.82) is 0 Å². The summed E-state index contributed by atoms with van der Waals surface area (Å²) in [6.07, 6.45) is 0. The molecule has 0 unspecified atom stereocenters. The van der Waals surface area contributed by atoms with Gasteiger partial charge in [-0.25, -0.2) is 4.79 Å². The van der Waals surface area contributed by atoms with Crippen LogP contribution in [0.25, 0.3) is 0 Å². The highest BCUT2D eigenvalue weighted by molar-refractivity contribution is 5.86. The molecule has 0 aliphatic heterocycles. The Morgan fingerprint density at radius 1 is 1.60 bits per heavy atom. The average molecular weight is 145 g/mol. The second-order valence-electron chi connectivity index (χ2n) is 1.58. The van der Waals surface area contributed by atoms with Crippen LogP contribution in [0.1, 0.15) is 0 Å². The normalized spacial score (nSPS) is 8.60. The molecule has 0 heterocycles.